The van der Waals surface area contributed by atoms with E-state index >= 15 is 0 Å². The van der Waals surface area contributed by atoms with E-state index in [0.717, 1.165) is 31.6 Å². The monoisotopic (exact) mass is 279 g/mol. The summed E-state index contributed by atoms with van der Waals surface area (Å²) < 4.78 is 13.9. The lowest BCUT2D eigenvalue weighted by atomic mass is 9.68. The van der Waals surface area contributed by atoms with Gasteiger partial charge in [0.05, 0.1) is 11.5 Å². The third kappa shape index (κ3) is 3.09. The molecular weight excluding hydrogens is 261 g/mol. The van der Waals surface area contributed by atoms with E-state index in [0.29, 0.717) is 17.0 Å². The quantitative estimate of drug-likeness (QED) is 0.752. The minimum Gasteiger partial charge on any atom is -0.207 e. The van der Waals surface area contributed by atoms with Crippen molar-refractivity contribution in [3.63, 3.8) is 0 Å². The second kappa shape index (κ2) is 5.92. The van der Waals surface area contributed by atoms with Gasteiger partial charge in [-0.15, -0.1) is 0 Å². The van der Waals surface area contributed by atoms with Gasteiger partial charge in [0.2, 0.25) is 0 Å². The SMILES string of the molecule is CCC1CCC(C#N)(Cc2c(F)cccc2Cl)CC1. The second-order valence-electron chi connectivity index (χ2n) is 5.62. The van der Waals surface area contributed by atoms with Crippen molar-refractivity contribution in [2.75, 3.05) is 0 Å². The Morgan fingerprint density at radius 2 is 2.11 bits per heavy atom. The first-order chi connectivity index (χ1) is 9.10. The van der Waals surface area contributed by atoms with Crippen molar-refractivity contribution in [3.05, 3.63) is 34.6 Å². The number of benzene rings is 1. The maximum absolute atomic E-state index is 13.9. The Bertz CT molecular complexity index is 464. The van der Waals surface area contributed by atoms with Crippen LogP contribution in [0.4, 0.5) is 4.39 Å². The molecular formula is C16H19ClFN. The fourth-order valence-electron chi connectivity index (χ4n) is 3.01. The van der Waals surface area contributed by atoms with Crippen molar-refractivity contribution >= 4 is 11.6 Å². The molecule has 0 unspecified atom stereocenters. The summed E-state index contributed by atoms with van der Waals surface area (Å²) in [6.45, 7) is 2.19. The fraction of sp³-hybridized carbons (Fsp3) is 0.562. The van der Waals surface area contributed by atoms with Crippen LogP contribution in [-0.4, -0.2) is 0 Å². The summed E-state index contributed by atoms with van der Waals surface area (Å²) in [7, 11) is 0. The first kappa shape index (κ1) is 14.3. The van der Waals surface area contributed by atoms with Gasteiger partial charge in [0.25, 0.3) is 0 Å². The van der Waals surface area contributed by atoms with Gasteiger partial charge in [-0.05, 0) is 50.2 Å². The Morgan fingerprint density at radius 3 is 2.63 bits per heavy atom. The lowest BCUT2D eigenvalue weighted by Gasteiger charge is -2.35. The van der Waals surface area contributed by atoms with Crippen LogP contribution in [-0.2, 0) is 6.42 Å². The zero-order valence-corrected chi connectivity index (χ0v) is 12.0. The molecule has 0 amide bonds. The molecule has 19 heavy (non-hydrogen) atoms. The van der Waals surface area contributed by atoms with E-state index in [2.05, 4.69) is 13.0 Å². The zero-order valence-electron chi connectivity index (χ0n) is 11.3. The molecule has 1 nitrogen and oxygen atoms in total. The highest BCUT2D eigenvalue weighted by Crippen LogP contribution is 2.43. The van der Waals surface area contributed by atoms with Crippen LogP contribution < -0.4 is 0 Å². The van der Waals surface area contributed by atoms with Gasteiger partial charge in [0, 0.05) is 10.6 Å². The van der Waals surface area contributed by atoms with Crippen LogP contribution in [0.15, 0.2) is 18.2 Å². The van der Waals surface area contributed by atoms with Crippen molar-refractivity contribution < 1.29 is 4.39 Å². The van der Waals surface area contributed by atoms with E-state index in [-0.39, 0.29) is 5.82 Å². The summed E-state index contributed by atoms with van der Waals surface area (Å²) in [5, 5.41) is 9.97. The van der Waals surface area contributed by atoms with Crippen molar-refractivity contribution in [1.82, 2.24) is 0 Å². The molecule has 0 aliphatic heterocycles. The molecule has 0 bridgehead atoms. The topological polar surface area (TPSA) is 23.8 Å². The number of rotatable bonds is 3. The minimum atomic E-state index is -0.433. The Morgan fingerprint density at radius 1 is 1.42 bits per heavy atom. The summed E-state index contributed by atoms with van der Waals surface area (Å²) in [5.74, 6) is 0.428. The van der Waals surface area contributed by atoms with Crippen molar-refractivity contribution in [1.29, 1.82) is 5.26 Å². The summed E-state index contributed by atoms with van der Waals surface area (Å²) in [6, 6.07) is 7.16. The van der Waals surface area contributed by atoms with Gasteiger partial charge in [0.15, 0.2) is 0 Å². The largest absolute Gasteiger partial charge is 0.207 e. The minimum absolute atomic E-state index is 0.292. The van der Waals surface area contributed by atoms with Crippen molar-refractivity contribution in [2.45, 2.75) is 45.4 Å². The lowest BCUT2D eigenvalue weighted by Crippen LogP contribution is -2.28. The van der Waals surface area contributed by atoms with Gasteiger partial charge in [-0.2, -0.15) is 5.26 Å². The Hall–Kier alpha value is -1.07. The molecule has 1 saturated carbocycles. The van der Waals surface area contributed by atoms with Gasteiger partial charge in [-0.3, -0.25) is 0 Å². The van der Waals surface area contributed by atoms with Gasteiger partial charge in [-0.1, -0.05) is 31.0 Å². The first-order valence-corrected chi connectivity index (χ1v) is 7.32. The van der Waals surface area contributed by atoms with E-state index in [1.165, 1.54) is 12.5 Å². The molecule has 1 aliphatic rings. The predicted molar refractivity (Wildman–Crippen MR) is 75.4 cm³/mol. The van der Waals surface area contributed by atoms with E-state index in [1.807, 2.05) is 0 Å². The molecule has 0 spiro atoms. The van der Waals surface area contributed by atoms with Crippen LogP contribution in [0.25, 0.3) is 0 Å². The molecule has 0 heterocycles. The fourth-order valence-corrected chi connectivity index (χ4v) is 3.24. The molecule has 3 heteroatoms. The second-order valence-corrected chi connectivity index (χ2v) is 6.03. The van der Waals surface area contributed by atoms with Crippen LogP contribution in [0.2, 0.25) is 5.02 Å². The van der Waals surface area contributed by atoms with Crippen LogP contribution in [0.3, 0.4) is 0 Å². The molecule has 102 valence electrons. The normalized spacial score (nSPS) is 26.9. The van der Waals surface area contributed by atoms with E-state index < -0.39 is 5.41 Å². The van der Waals surface area contributed by atoms with Gasteiger partial charge in [-0.25, -0.2) is 4.39 Å². The average Bonchev–Trinajstić information content (AvgIpc) is 2.44. The van der Waals surface area contributed by atoms with Crippen LogP contribution >= 0.6 is 11.6 Å². The first-order valence-electron chi connectivity index (χ1n) is 6.94. The number of nitriles is 1. The number of halogens is 2. The number of nitrogens with zero attached hydrogens (tertiary/aromatic N) is 1. The molecule has 1 aliphatic carbocycles. The molecule has 2 rings (SSSR count). The summed E-state index contributed by atoms with van der Waals surface area (Å²) in [4.78, 5) is 0. The Labute approximate surface area is 119 Å². The molecule has 0 atom stereocenters. The van der Waals surface area contributed by atoms with Crippen LogP contribution in [0.5, 0.6) is 0 Å². The van der Waals surface area contributed by atoms with Gasteiger partial charge < -0.3 is 0 Å². The van der Waals surface area contributed by atoms with Crippen molar-refractivity contribution in [3.8, 4) is 6.07 Å². The lowest BCUT2D eigenvalue weighted by molar-refractivity contribution is 0.204. The highest BCUT2D eigenvalue weighted by atomic mass is 35.5. The maximum atomic E-state index is 13.9. The summed E-state index contributed by atoms with van der Waals surface area (Å²) >= 11 is 6.07. The summed E-state index contributed by atoms with van der Waals surface area (Å²) in [5.41, 5.74) is 0.0676. The highest BCUT2D eigenvalue weighted by Gasteiger charge is 2.36. The summed E-state index contributed by atoms with van der Waals surface area (Å²) in [6.07, 6.45) is 5.44. The molecule has 1 aromatic carbocycles. The Balaban J connectivity index is 2.19. The smallest absolute Gasteiger partial charge is 0.127 e. The molecule has 0 aromatic heterocycles. The van der Waals surface area contributed by atoms with Crippen LogP contribution in [0.1, 0.15) is 44.6 Å². The van der Waals surface area contributed by atoms with Gasteiger partial charge in [0.1, 0.15) is 5.82 Å². The third-order valence-electron chi connectivity index (χ3n) is 4.45. The number of hydrogen-bond acceptors (Lipinski definition) is 1. The van der Waals surface area contributed by atoms with Gasteiger partial charge >= 0.3 is 0 Å². The third-order valence-corrected chi connectivity index (χ3v) is 4.81. The standard InChI is InChI=1S/C16H19ClFN/c1-2-12-6-8-16(11-19,9-7-12)10-13-14(17)4-3-5-15(13)18/h3-5,12H,2,6-10H2,1H3. The van der Waals surface area contributed by atoms with E-state index in [9.17, 15) is 9.65 Å². The predicted octanol–water partition coefficient (Wildman–Crippen LogP) is 5.13. The van der Waals surface area contributed by atoms with Crippen molar-refractivity contribution in [2.24, 2.45) is 11.3 Å². The average molecular weight is 280 g/mol. The molecule has 0 saturated heterocycles. The molecule has 0 radical (unpaired) electrons. The van der Waals surface area contributed by atoms with E-state index in [4.69, 9.17) is 11.6 Å². The molecule has 1 fully saturated rings. The maximum Gasteiger partial charge on any atom is 0.127 e. The van der Waals surface area contributed by atoms with E-state index in [1.54, 1.807) is 12.1 Å². The molecule has 1 aromatic rings. The molecule has 0 N–H and O–H groups in total. The Kier molecular flexibility index (Phi) is 4.47. The highest BCUT2D eigenvalue weighted by molar-refractivity contribution is 6.31. The zero-order chi connectivity index (χ0) is 13.9. The van der Waals surface area contributed by atoms with Crippen LogP contribution in [0, 0.1) is 28.5 Å². The number of hydrogen-bond donors (Lipinski definition) is 0.